The van der Waals surface area contributed by atoms with Gasteiger partial charge in [-0.1, -0.05) is 12.8 Å². The number of amides is 1. The summed E-state index contributed by atoms with van der Waals surface area (Å²) in [5.41, 5.74) is -0.0123. The Kier molecular flexibility index (Phi) is 4.71. The first-order valence-corrected chi connectivity index (χ1v) is 6.80. The molecule has 2 rings (SSSR count). The van der Waals surface area contributed by atoms with E-state index in [0.29, 0.717) is 13.1 Å². The number of rotatable bonds is 3. The van der Waals surface area contributed by atoms with Crippen molar-refractivity contribution < 1.29 is 18.7 Å². The molecule has 0 unspecified atom stereocenters. The lowest BCUT2D eigenvalue weighted by atomic mass is 10.1. The quantitative estimate of drug-likeness (QED) is 0.630. The molecule has 1 aromatic carbocycles. The van der Waals surface area contributed by atoms with Gasteiger partial charge in [0.2, 0.25) is 0 Å². The molecule has 1 fully saturated rings. The molecule has 20 heavy (non-hydrogen) atoms. The Hall–Kier alpha value is -1.91. The van der Waals surface area contributed by atoms with Gasteiger partial charge >= 0.3 is 0 Å². The first-order chi connectivity index (χ1) is 9.63. The molecule has 108 valence electrons. The van der Waals surface area contributed by atoms with Crippen LogP contribution in [-0.4, -0.2) is 36.8 Å². The molecule has 1 amide bonds. The lowest BCUT2D eigenvalue weighted by molar-refractivity contribution is -0.126. The molecule has 5 heteroatoms. The Morgan fingerprint density at radius 2 is 1.80 bits per heavy atom. The highest BCUT2D eigenvalue weighted by atomic mass is 19.1. The van der Waals surface area contributed by atoms with E-state index in [-0.39, 0.29) is 11.3 Å². The van der Waals surface area contributed by atoms with Crippen molar-refractivity contribution >= 4 is 11.7 Å². The van der Waals surface area contributed by atoms with Crippen LogP contribution in [0.1, 0.15) is 36.0 Å². The van der Waals surface area contributed by atoms with Gasteiger partial charge in [0.25, 0.3) is 11.7 Å². The van der Waals surface area contributed by atoms with Crippen LogP contribution < -0.4 is 4.74 Å². The predicted molar refractivity (Wildman–Crippen MR) is 72.3 cm³/mol. The van der Waals surface area contributed by atoms with E-state index in [1.165, 1.54) is 19.2 Å². The molecule has 1 aliphatic heterocycles. The van der Waals surface area contributed by atoms with Crippen molar-refractivity contribution in [1.29, 1.82) is 0 Å². The zero-order chi connectivity index (χ0) is 14.5. The van der Waals surface area contributed by atoms with Crippen molar-refractivity contribution in [3.63, 3.8) is 0 Å². The fraction of sp³-hybridized carbons (Fsp3) is 0.467. The third-order valence-corrected chi connectivity index (χ3v) is 3.49. The second-order valence-corrected chi connectivity index (χ2v) is 4.88. The molecule has 0 N–H and O–H groups in total. The number of carbonyl (C=O) groups is 2. The number of likely N-dealkylation sites (tertiary alicyclic amines) is 1. The van der Waals surface area contributed by atoms with Crippen molar-refractivity contribution in [3.8, 4) is 5.75 Å². The molecule has 1 aromatic rings. The van der Waals surface area contributed by atoms with Crippen LogP contribution in [-0.2, 0) is 4.79 Å². The zero-order valence-electron chi connectivity index (χ0n) is 11.5. The highest BCUT2D eigenvalue weighted by molar-refractivity contribution is 6.43. The number of hydrogen-bond donors (Lipinski definition) is 0. The molecule has 0 spiro atoms. The Labute approximate surface area is 117 Å². The topological polar surface area (TPSA) is 46.6 Å². The van der Waals surface area contributed by atoms with Crippen molar-refractivity contribution in [2.45, 2.75) is 25.7 Å². The summed E-state index contributed by atoms with van der Waals surface area (Å²) >= 11 is 0. The van der Waals surface area contributed by atoms with Crippen LogP contribution in [0.25, 0.3) is 0 Å². The van der Waals surface area contributed by atoms with Gasteiger partial charge in [0, 0.05) is 13.1 Å². The first kappa shape index (κ1) is 14.5. The maximum atomic E-state index is 13.3. The van der Waals surface area contributed by atoms with Crippen LogP contribution in [0.5, 0.6) is 5.75 Å². The number of ether oxygens (including phenoxy) is 1. The highest BCUT2D eigenvalue weighted by Gasteiger charge is 2.26. The molecule has 1 saturated heterocycles. The monoisotopic (exact) mass is 279 g/mol. The van der Waals surface area contributed by atoms with Gasteiger partial charge in [-0.25, -0.2) is 4.39 Å². The van der Waals surface area contributed by atoms with E-state index in [4.69, 9.17) is 4.74 Å². The van der Waals surface area contributed by atoms with Gasteiger partial charge in [-0.2, -0.15) is 0 Å². The Morgan fingerprint density at radius 3 is 2.40 bits per heavy atom. The van der Waals surface area contributed by atoms with Crippen LogP contribution in [0.15, 0.2) is 18.2 Å². The van der Waals surface area contributed by atoms with Gasteiger partial charge in [-0.15, -0.1) is 0 Å². The molecule has 0 radical (unpaired) electrons. The Bertz CT molecular complexity index is 508. The molecular formula is C15H18FNO3. The Morgan fingerprint density at radius 1 is 1.15 bits per heavy atom. The van der Waals surface area contributed by atoms with E-state index in [9.17, 15) is 14.0 Å². The van der Waals surface area contributed by atoms with Crippen molar-refractivity contribution in [2.75, 3.05) is 20.2 Å². The maximum absolute atomic E-state index is 13.3. The second-order valence-electron chi connectivity index (χ2n) is 4.88. The Balaban J connectivity index is 2.21. The van der Waals surface area contributed by atoms with Gasteiger partial charge in [-0.05, 0) is 31.0 Å². The lowest BCUT2D eigenvalue weighted by Crippen LogP contribution is -2.37. The maximum Gasteiger partial charge on any atom is 0.295 e. The molecule has 0 atom stereocenters. The number of benzene rings is 1. The highest BCUT2D eigenvalue weighted by Crippen LogP contribution is 2.21. The van der Waals surface area contributed by atoms with Gasteiger partial charge in [-0.3, -0.25) is 9.59 Å². The van der Waals surface area contributed by atoms with Crippen LogP contribution in [0.3, 0.4) is 0 Å². The van der Waals surface area contributed by atoms with E-state index in [2.05, 4.69) is 0 Å². The SMILES string of the molecule is COc1ccc(F)cc1C(=O)C(=O)N1CCCCCC1. The van der Waals surface area contributed by atoms with Gasteiger partial charge in [0.1, 0.15) is 11.6 Å². The largest absolute Gasteiger partial charge is 0.496 e. The van der Waals surface area contributed by atoms with Crippen LogP contribution in [0.2, 0.25) is 0 Å². The van der Waals surface area contributed by atoms with Gasteiger partial charge in [0.05, 0.1) is 12.7 Å². The standard InChI is InChI=1S/C15H18FNO3/c1-20-13-7-6-11(16)10-12(13)14(18)15(19)17-8-4-2-3-5-9-17/h6-7,10H,2-5,8-9H2,1H3. The molecule has 0 bridgehead atoms. The summed E-state index contributed by atoms with van der Waals surface area (Å²) in [7, 11) is 1.39. The number of hydrogen-bond acceptors (Lipinski definition) is 3. The summed E-state index contributed by atoms with van der Waals surface area (Å²) in [5.74, 6) is -1.61. The number of nitrogens with zero attached hydrogens (tertiary/aromatic N) is 1. The molecule has 0 saturated carbocycles. The summed E-state index contributed by atoms with van der Waals surface area (Å²) in [4.78, 5) is 26.0. The third kappa shape index (κ3) is 3.15. The van der Waals surface area contributed by atoms with Crippen molar-refractivity contribution in [2.24, 2.45) is 0 Å². The van der Waals surface area contributed by atoms with Crippen molar-refractivity contribution in [1.82, 2.24) is 4.90 Å². The van der Waals surface area contributed by atoms with E-state index < -0.39 is 17.5 Å². The first-order valence-electron chi connectivity index (χ1n) is 6.80. The average Bonchev–Trinajstić information content (AvgIpc) is 2.74. The fourth-order valence-electron chi connectivity index (χ4n) is 2.39. The normalized spacial score (nSPS) is 15.6. The predicted octanol–water partition coefficient (Wildman–Crippen LogP) is 2.42. The van der Waals surface area contributed by atoms with E-state index in [1.807, 2.05) is 0 Å². The number of ketones is 1. The smallest absolute Gasteiger partial charge is 0.295 e. The number of Topliss-reactive ketones (excluding diaryl/α,β-unsaturated/α-hetero) is 1. The second kappa shape index (κ2) is 6.50. The van der Waals surface area contributed by atoms with Crippen LogP contribution >= 0.6 is 0 Å². The van der Waals surface area contributed by atoms with Crippen LogP contribution in [0, 0.1) is 5.82 Å². The number of methoxy groups -OCH3 is 1. The molecule has 0 aliphatic carbocycles. The van der Waals surface area contributed by atoms with Gasteiger partial charge < -0.3 is 9.64 Å². The number of halogens is 1. The molecule has 1 heterocycles. The van der Waals surface area contributed by atoms with E-state index >= 15 is 0 Å². The summed E-state index contributed by atoms with van der Waals surface area (Å²) in [6.07, 6.45) is 3.95. The molecule has 1 aliphatic rings. The van der Waals surface area contributed by atoms with E-state index in [1.54, 1.807) is 4.90 Å². The summed E-state index contributed by atoms with van der Waals surface area (Å²) < 4.78 is 18.3. The zero-order valence-corrected chi connectivity index (χ0v) is 11.5. The summed E-state index contributed by atoms with van der Waals surface area (Å²) in [6.45, 7) is 1.17. The van der Waals surface area contributed by atoms with Crippen molar-refractivity contribution in [3.05, 3.63) is 29.6 Å². The molecule has 0 aromatic heterocycles. The third-order valence-electron chi connectivity index (χ3n) is 3.49. The number of carbonyl (C=O) groups excluding carboxylic acids is 2. The van der Waals surface area contributed by atoms with E-state index in [0.717, 1.165) is 31.7 Å². The van der Waals surface area contributed by atoms with Crippen LogP contribution in [0.4, 0.5) is 4.39 Å². The fourth-order valence-corrected chi connectivity index (χ4v) is 2.39. The minimum absolute atomic E-state index is 0.0123. The summed E-state index contributed by atoms with van der Waals surface area (Å²) in [5, 5.41) is 0. The summed E-state index contributed by atoms with van der Waals surface area (Å²) in [6, 6.07) is 3.61. The minimum atomic E-state index is -0.705. The molecular weight excluding hydrogens is 261 g/mol. The minimum Gasteiger partial charge on any atom is -0.496 e. The lowest BCUT2D eigenvalue weighted by Gasteiger charge is -2.19. The van der Waals surface area contributed by atoms with Gasteiger partial charge in [0.15, 0.2) is 0 Å². The average molecular weight is 279 g/mol. The molecule has 4 nitrogen and oxygen atoms in total.